The Hall–Kier alpha value is -1.53. The molecule has 0 radical (unpaired) electrons. The van der Waals surface area contributed by atoms with Crippen molar-refractivity contribution in [1.82, 2.24) is 10.2 Å². The van der Waals surface area contributed by atoms with Gasteiger partial charge >= 0.3 is 0 Å². The molecule has 24 heavy (non-hydrogen) atoms. The molecule has 1 aromatic carbocycles. The van der Waals surface area contributed by atoms with Crippen LogP contribution in [0.4, 0.5) is 5.69 Å². The van der Waals surface area contributed by atoms with Gasteiger partial charge in [-0.15, -0.1) is 0 Å². The average Bonchev–Trinajstić information content (AvgIpc) is 2.63. The van der Waals surface area contributed by atoms with Crippen LogP contribution in [0.2, 0.25) is 0 Å². The van der Waals surface area contributed by atoms with Crippen LogP contribution < -0.4 is 10.6 Å². The highest BCUT2D eigenvalue weighted by Gasteiger charge is 2.22. The number of likely N-dealkylation sites (tertiary alicyclic amines) is 1. The van der Waals surface area contributed by atoms with Crippen molar-refractivity contribution in [3.8, 4) is 0 Å². The summed E-state index contributed by atoms with van der Waals surface area (Å²) in [5.74, 6) is 2.05. The van der Waals surface area contributed by atoms with Crippen LogP contribution in [0, 0.1) is 0 Å². The van der Waals surface area contributed by atoms with Crippen LogP contribution in [0.15, 0.2) is 24.3 Å². The van der Waals surface area contributed by atoms with Gasteiger partial charge in [0.15, 0.2) is 0 Å². The molecule has 1 aromatic rings. The molecule has 2 heterocycles. The summed E-state index contributed by atoms with van der Waals surface area (Å²) in [6.45, 7) is 2.57. The second kappa shape index (κ2) is 8.53. The van der Waals surface area contributed by atoms with E-state index in [9.17, 15) is 9.59 Å². The number of carbonyl (C=O) groups is 2. The highest BCUT2D eigenvalue weighted by Crippen LogP contribution is 2.20. The van der Waals surface area contributed by atoms with Gasteiger partial charge in [-0.3, -0.25) is 9.59 Å². The third kappa shape index (κ3) is 4.51. The first-order chi connectivity index (χ1) is 11.7. The molecule has 2 aliphatic heterocycles. The Morgan fingerprint density at radius 2 is 2.00 bits per heavy atom. The molecule has 2 N–H and O–H groups in total. The van der Waals surface area contributed by atoms with E-state index in [-0.39, 0.29) is 17.9 Å². The Morgan fingerprint density at radius 3 is 2.75 bits per heavy atom. The van der Waals surface area contributed by atoms with Gasteiger partial charge in [0.05, 0.1) is 11.3 Å². The Kier molecular flexibility index (Phi) is 6.15. The van der Waals surface area contributed by atoms with Gasteiger partial charge in [-0.05, 0) is 31.4 Å². The molecule has 1 atom stereocenters. The summed E-state index contributed by atoms with van der Waals surface area (Å²) >= 11 is 1.87. The summed E-state index contributed by atoms with van der Waals surface area (Å²) in [5.41, 5.74) is 1.22. The first kappa shape index (κ1) is 17.3. The lowest BCUT2D eigenvalue weighted by molar-refractivity contribution is -0.116. The number of para-hydroxylation sites is 1. The highest BCUT2D eigenvalue weighted by molar-refractivity contribution is 7.99. The normalized spacial score (nSPS) is 21.3. The van der Waals surface area contributed by atoms with Crippen molar-refractivity contribution < 1.29 is 9.59 Å². The fourth-order valence-electron chi connectivity index (χ4n) is 3.22. The van der Waals surface area contributed by atoms with E-state index in [0.717, 1.165) is 44.0 Å². The van der Waals surface area contributed by atoms with Gasteiger partial charge in [0.2, 0.25) is 5.91 Å². The number of rotatable bonds is 4. The van der Waals surface area contributed by atoms with Crippen molar-refractivity contribution >= 4 is 29.3 Å². The van der Waals surface area contributed by atoms with Gasteiger partial charge in [0.1, 0.15) is 0 Å². The largest absolute Gasteiger partial charge is 0.339 e. The van der Waals surface area contributed by atoms with Gasteiger partial charge in [0.25, 0.3) is 5.91 Å². The number of piperidine rings is 1. The lowest BCUT2D eigenvalue weighted by Gasteiger charge is -2.27. The summed E-state index contributed by atoms with van der Waals surface area (Å²) in [7, 11) is 0. The Bertz CT molecular complexity index is 581. The molecule has 5 nitrogen and oxygen atoms in total. The van der Waals surface area contributed by atoms with E-state index in [1.807, 2.05) is 34.9 Å². The molecular formula is C18H25N3O2S. The highest BCUT2D eigenvalue weighted by atomic mass is 32.2. The molecule has 0 bridgehead atoms. The molecule has 0 aromatic heterocycles. The van der Waals surface area contributed by atoms with Crippen LogP contribution in [-0.2, 0) is 4.79 Å². The van der Waals surface area contributed by atoms with Crippen LogP contribution in [0.3, 0.4) is 0 Å². The summed E-state index contributed by atoms with van der Waals surface area (Å²) in [5, 5.41) is 6.31. The molecule has 2 amide bonds. The fraction of sp³-hybridized carbons (Fsp3) is 0.556. The van der Waals surface area contributed by atoms with E-state index in [0.29, 0.717) is 17.7 Å². The number of carbonyl (C=O) groups excluding carboxylic acids is 2. The summed E-state index contributed by atoms with van der Waals surface area (Å²) in [6.07, 6.45) is 3.75. The Morgan fingerprint density at radius 1 is 1.21 bits per heavy atom. The predicted molar refractivity (Wildman–Crippen MR) is 98.6 cm³/mol. The minimum absolute atomic E-state index is 0.0250. The molecule has 130 valence electrons. The average molecular weight is 347 g/mol. The molecule has 3 rings (SSSR count). The van der Waals surface area contributed by atoms with Crippen LogP contribution >= 0.6 is 11.8 Å². The molecule has 1 unspecified atom stereocenters. The number of hydrogen-bond donors (Lipinski definition) is 2. The topological polar surface area (TPSA) is 61.4 Å². The van der Waals surface area contributed by atoms with Crippen molar-refractivity contribution in [3.63, 3.8) is 0 Å². The minimum atomic E-state index is -0.0334. The molecular weight excluding hydrogens is 322 g/mol. The third-order valence-corrected chi connectivity index (χ3v) is 5.64. The monoisotopic (exact) mass is 347 g/mol. The molecule has 2 saturated heterocycles. The van der Waals surface area contributed by atoms with Gasteiger partial charge in [0, 0.05) is 43.6 Å². The van der Waals surface area contributed by atoms with Crippen LogP contribution in [0.25, 0.3) is 0 Å². The number of benzene rings is 1. The zero-order valence-electron chi connectivity index (χ0n) is 13.9. The van der Waals surface area contributed by atoms with E-state index < -0.39 is 0 Å². The van der Waals surface area contributed by atoms with E-state index in [4.69, 9.17) is 0 Å². The minimum Gasteiger partial charge on any atom is -0.339 e. The smallest absolute Gasteiger partial charge is 0.255 e. The molecule has 0 spiro atoms. The van der Waals surface area contributed by atoms with E-state index in [1.54, 1.807) is 6.07 Å². The zero-order valence-corrected chi connectivity index (χ0v) is 14.7. The summed E-state index contributed by atoms with van der Waals surface area (Å²) in [4.78, 5) is 27.0. The molecule has 0 aliphatic carbocycles. The maximum absolute atomic E-state index is 12.8. The van der Waals surface area contributed by atoms with Crippen LogP contribution in [-0.4, -0.2) is 53.9 Å². The van der Waals surface area contributed by atoms with Gasteiger partial charge < -0.3 is 15.5 Å². The van der Waals surface area contributed by atoms with E-state index >= 15 is 0 Å². The quantitative estimate of drug-likeness (QED) is 0.878. The van der Waals surface area contributed by atoms with Crippen molar-refractivity contribution in [2.45, 2.75) is 31.7 Å². The number of anilines is 1. The Labute approximate surface area is 147 Å². The maximum Gasteiger partial charge on any atom is 0.255 e. The van der Waals surface area contributed by atoms with Crippen molar-refractivity contribution in [2.75, 3.05) is 36.5 Å². The second-order valence-corrected chi connectivity index (χ2v) is 7.53. The lowest BCUT2D eigenvalue weighted by Crippen LogP contribution is -2.40. The first-order valence-electron chi connectivity index (χ1n) is 8.73. The first-order valence-corrected chi connectivity index (χ1v) is 9.89. The Balaban J connectivity index is 1.64. The number of amides is 2. The van der Waals surface area contributed by atoms with Crippen molar-refractivity contribution in [2.24, 2.45) is 0 Å². The zero-order chi connectivity index (χ0) is 16.8. The van der Waals surface area contributed by atoms with Gasteiger partial charge in [-0.1, -0.05) is 12.1 Å². The van der Waals surface area contributed by atoms with E-state index in [2.05, 4.69) is 10.6 Å². The SMILES string of the molecule is O=C(CC1CSCCN1)Nc1ccccc1C(=O)N1CCCCC1. The van der Waals surface area contributed by atoms with Gasteiger partial charge in [-0.2, -0.15) is 11.8 Å². The molecule has 2 fully saturated rings. The lowest BCUT2D eigenvalue weighted by atomic mass is 10.1. The molecule has 2 aliphatic rings. The number of nitrogens with one attached hydrogen (secondary N) is 2. The summed E-state index contributed by atoms with van der Waals surface area (Å²) in [6, 6.07) is 7.55. The predicted octanol–water partition coefficient (Wildman–Crippen LogP) is 2.35. The number of hydrogen-bond acceptors (Lipinski definition) is 4. The van der Waals surface area contributed by atoms with Crippen LogP contribution in [0.1, 0.15) is 36.0 Å². The van der Waals surface area contributed by atoms with E-state index in [1.165, 1.54) is 6.42 Å². The van der Waals surface area contributed by atoms with Crippen molar-refractivity contribution in [3.05, 3.63) is 29.8 Å². The van der Waals surface area contributed by atoms with Crippen molar-refractivity contribution in [1.29, 1.82) is 0 Å². The second-order valence-electron chi connectivity index (χ2n) is 6.38. The molecule has 0 saturated carbocycles. The van der Waals surface area contributed by atoms with Crippen LogP contribution in [0.5, 0.6) is 0 Å². The maximum atomic E-state index is 12.8. The fourth-order valence-corrected chi connectivity index (χ4v) is 4.17. The molecule has 6 heteroatoms. The van der Waals surface area contributed by atoms with Gasteiger partial charge in [-0.25, -0.2) is 0 Å². The third-order valence-electron chi connectivity index (χ3n) is 4.51. The number of thioether (sulfide) groups is 1. The summed E-state index contributed by atoms with van der Waals surface area (Å²) < 4.78 is 0. The number of nitrogens with zero attached hydrogens (tertiary/aromatic N) is 1. The standard InChI is InChI=1S/C18H25N3O2S/c22-17(12-14-13-24-11-8-19-14)20-16-7-3-2-6-15(16)18(23)21-9-4-1-5-10-21/h2-3,6-7,14,19H,1,4-5,8-13H2,(H,20,22).